The Balaban J connectivity index is 1.22. The largest absolute Gasteiger partial charge is 0.404 e. The van der Waals surface area contributed by atoms with Crippen molar-refractivity contribution in [3.05, 3.63) is 82.7 Å². The summed E-state index contributed by atoms with van der Waals surface area (Å²) in [5, 5.41) is 2.95. The van der Waals surface area contributed by atoms with E-state index in [4.69, 9.17) is 17.3 Å². The molecule has 5 rings (SSSR count). The average Bonchev–Trinajstić information content (AvgIpc) is 3.44. The van der Waals surface area contributed by atoms with Crippen LogP contribution in [0.2, 0.25) is 5.02 Å². The highest BCUT2D eigenvalue weighted by Crippen LogP contribution is 2.39. The third-order valence-electron chi connectivity index (χ3n) is 5.54. The van der Waals surface area contributed by atoms with Crippen molar-refractivity contribution in [3.63, 3.8) is 0 Å². The molecule has 1 amide bonds. The van der Waals surface area contributed by atoms with Gasteiger partial charge < -0.3 is 15.5 Å². The van der Waals surface area contributed by atoms with Gasteiger partial charge in [-0.1, -0.05) is 17.7 Å². The quantitative estimate of drug-likeness (QED) is 0.322. The summed E-state index contributed by atoms with van der Waals surface area (Å²) in [6, 6.07) is 5.34. The lowest BCUT2D eigenvalue weighted by Crippen LogP contribution is -2.26. The summed E-state index contributed by atoms with van der Waals surface area (Å²) in [7, 11) is 0. The maximum atomic E-state index is 14.0. The van der Waals surface area contributed by atoms with Gasteiger partial charge in [0.05, 0.1) is 35.6 Å². The number of rotatable bonds is 7. The van der Waals surface area contributed by atoms with Crippen LogP contribution < -0.4 is 11.1 Å². The van der Waals surface area contributed by atoms with Crippen molar-refractivity contribution in [3.8, 4) is 0 Å². The van der Waals surface area contributed by atoms with Gasteiger partial charge in [0.2, 0.25) is 0 Å². The second-order valence-corrected chi connectivity index (χ2v) is 8.38. The summed E-state index contributed by atoms with van der Waals surface area (Å²) in [5.41, 5.74) is 9.07. The topological polar surface area (TPSA) is 102 Å². The minimum atomic E-state index is -0.488. The number of nitrogens with two attached hydrogens (primary N) is 1. The van der Waals surface area contributed by atoms with E-state index < -0.39 is 11.7 Å². The number of fused-ring (bicyclic) bond motifs is 2. The van der Waals surface area contributed by atoms with Crippen molar-refractivity contribution in [2.24, 2.45) is 10.7 Å². The number of hydrogen-bond donors (Lipinski definition) is 2. The minimum absolute atomic E-state index is 0.0632. The molecule has 0 aromatic carbocycles. The van der Waals surface area contributed by atoms with Crippen LogP contribution in [0, 0.1) is 5.82 Å². The fourth-order valence-corrected chi connectivity index (χ4v) is 3.87. The van der Waals surface area contributed by atoms with E-state index in [1.54, 1.807) is 0 Å². The Morgan fingerprint density at radius 2 is 2.18 bits per heavy atom. The van der Waals surface area contributed by atoms with Crippen LogP contribution in [-0.4, -0.2) is 30.9 Å². The Labute approximate surface area is 193 Å². The zero-order chi connectivity index (χ0) is 22.9. The molecule has 1 aliphatic rings. The van der Waals surface area contributed by atoms with Crippen molar-refractivity contribution in [2.75, 3.05) is 0 Å². The zero-order valence-corrected chi connectivity index (χ0v) is 18.3. The van der Waals surface area contributed by atoms with E-state index in [1.165, 1.54) is 53.7 Å². The summed E-state index contributed by atoms with van der Waals surface area (Å²) >= 11 is 5.92. The number of pyridine rings is 2. The predicted octanol–water partition coefficient (Wildman–Crippen LogP) is 3.38. The van der Waals surface area contributed by atoms with Crippen molar-refractivity contribution in [1.29, 1.82) is 0 Å². The van der Waals surface area contributed by atoms with Crippen LogP contribution in [-0.2, 0) is 17.9 Å². The maximum Gasteiger partial charge on any atom is 0.254 e. The first kappa shape index (κ1) is 21.1. The molecule has 0 unspecified atom stereocenters. The third-order valence-corrected chi connectivity index (χ3v) is 5.75. The molecule has 33 heavy (non-hydrogen) atoms. The van der Waals surface area contributed by atoms with Gasteiger partial charge >= 0.3 is 0 Å². The molecule has 0 bridgehead atoms. The number of carbonyl (C=O) groups excluding carboxylic acids is 1. The molecule has 0 radical (unpaired) electrons. The summed E-state index contributed by atoms with van der Waals surface area (Å²) in [5.74, 6) is 0.191. The molecule has 0 atom stereocenters. The first-order chi connectivity index (χ1) is 16.0. The van der Waals surface area contributed by atoms with E-state index in [9.17, 15) is 9.18 Å². The van der Waals surface area contributed by atoms with Crippen molar-refractivity contribution >= 4 is 34.9 Å². The van der Waals surface area contributed by atoms with Crippen molar-refractivity contribution < 1.29 is 9.18 Å². The molecule has 3 N–H and O–H groups in total. The van der Waals surface area contributed by atoms with Crippen LogP contribution in [0.25, 0.3) is 11.2 Å². The first-order valence-electron chi connectivity index (χ1n) is 10.5. The summed E-state index contributed by atoms with van der Waals surface area (Å²) in [6.45, 7) is 0.376. The fraction of sp³-hybridized carbons (Fsp3) is 0.217. The summed E-state index contributed by atoms with van der Waals surface area (Å²) in [6.07, 6.45) is 12.1. The Hall–Kier alpha value is -3.72. The molecule has 8 nitrogen and oxygen atoms in total. The van der Waals surface area contributed by atoms with Gasteiger partial charge in [0.15, 0.2) is 0 Å². The normalized spacial score (nSPS) is 14.5. The number of amides is 1. The summed E-state index contributed by atoms with van der Waals surface area (Å²) < 4.78 is 17.5. The molecule has 0 saturated heterocycles. The van der Waals surface area contributed by atoms with E-state index in [0.29, 0.717) is 18.3 Å². The van der Waals surface area contributed by atoms with E-state index in [2.05, 4.69) is 32.5 Å². The second-order valence-electron chi connectivity index (χ2n) is 7.94. The second kappa shape index (κ2) is 8.67. The average molecular weight is 466 g/mol. The predicted molar refractivity (Wildman–Crippen MR) is 124 cm³/mol. The molecule has 4 aromatic rings. The molecule has 1 fully saturated rings. The molecule has 0 spiro atoms. The molecule has 4 aromatic heterocycles. The smallest absolute Gasteiger partial charge is 0.254 e. The van der Waals surface area contributed by atoms with Crippen LogP contribution in [0.15, 0.2) is 59.8 Å². The molecule has 4 heterocycles. The highest BCUT2D eigenvalue weighted by atomic mass is 35.5. The molecule has 1 saturated carbocycles. The third kappa shape index (κ3) is 4.45. The Kier molecular flexibility index (Phi) is 5.55. The van der Waals surface area contributed by atoms with Gasteiger partial charge in [-0.2, -0.15) is 0 Å². The number of nitrogens with one attached hydrogen (secondary N) is 1. The lowest BCUT2D eigenvalue weighted by atomic mass is 10.2. The first-order valence-corrected chi connectivity index (χ1v) is 10.9. The van der Waals surface area contributed by atoms with Gasteiger partial charge in [0, 0.05) is 31.0 Å². The number of carbonyl (C=O) groups is 1. The Bertz CT molecular complexity index is 1420. The molecule has 10 heteroatoms. The standard InChI is InChI=1S/C23H21ClFN7O/c24-17-5-19(25)20-9-28-22(32(20)12-17)10-29-23(33)16(6-26)7-27-8-18-13-31-11-15(14-1-2-14)3-4-21(31)30-18/h3-7,9,11-14H,1-2,8,10,26H2,(H,29,33). The van der Waals surface area contributed by atoms with E-state index >= 15 is 0 Å². The van der Waals surface area contributed by atoms with Gasteiger partial charge in [-0.05, 0) is 36.5 Å². The van der Waals surface area contributed by atoms with Crippen LogP contribution in [0.3, 0.4) is 0 Å². The zero-order valence-electron chi connectivity index (χ0n) is 17.6. The molecular weight excluding hydrogens is 445 g/mol. The molecule has 168 valence electrons. The van der Waals surface area contributed by atoms with Crippen LogP contribution in [0.1, 0.15) is 35.8 Å². The number of halogens is 2. The minimum Gasteiger partial charge on any atom is -0.404 e. The molecule has 0 aliphatic heterocycles. The van der Waals surface area contributed by atoms with Gasteiger partial charge in [0.25, 0.3) is 5.91 Å². The highest BCUT2D eigenvalue weighted by molar-refractivity contribution is 6.30. The number of nitrogens with zero attached hydrogens (tertiary/aromatic N) is 5. The monoisotopic (exact) mass is 465 g/mol. The molecular formula is C23H21ClFN7O. The van der Waals surface area contributed by atoms with Gasteiger partial charge in [-0.3, -0.25) is 14.2 Å². The van der Waals surface area contributed by atoms with Crippen LogP contribution >= 0.6 is 11.6 Å². The van der Waals surface area contributed by atoms with Gasteiger partial charge in [-0.15, -0.1) is 0 Å². The molecule has 1 aliphatic carbocycles. The van der Waals surface area contributed by atoms with Crippen LogP contribution in [0.4, 0.5) is 4.39 Å². The summed E-state index contributed by atoms with van der Waals surface area (Å²) in [4.78, 5) is 25.6. The number of aromatic nitrogens is 4. The maximum absolute atomic E-state index is 14.0. The highest BCUT2D eigenvalue weighted by Gasteiger charge is 2.23. The van der Waals surface area contributed by atoms with Crippen LogP contribution in [0.5, 0.6) is 0 Å². The van der Waals surface area contributed by atoms with Crippen molar-refractivity contribution in [2.45, 2.75) is 31.8 Å². The van der Waals surface area contributed by atoms with E-state index in [1.807, 2.05) is 16.7 Å². The number of hydrogen-bond acceptors (Lipinski definition) is 5. The van der Waals surface area contributed by atoms with Crippen molar-refractivity contribution in [1.82, 2.24) is 24.1 Å². The van der Waals surface area contributed by atoms with Gasteiger partial charge in [0.1, 0.15) is 22.8 Å². The Morgan fingerprint density at radius 3 is 2.97 bits per heavy atom. The Morgan fingerprint density at radius 1 is 1.33 bits per heavy atom. The SMILES string of the molecule is NC=C(C=NCc1cn2cc(C3CC3)ccc2n1)C(=O)NCc1ncc2c(F)cc(Cl)cn12. The van der Waals surface area contributed by atoms with Gasteiger partial charge in [-0.25, -0.2) is 14.4 Å². The lowest BCUT2D eigenvalue weighted by Gasteiger charge is -2.06. The number of aliphatic imine (C=N–C) groups is 1. The van der Waals surface area contributed by atoms with E-state index in [-0.39, 0.29) is 22.7 Å². The fourth-order valence-electron chi connectivity index (χ4n) is 3.68. The lowest BCUT2D eigenvalue weighted by molar-refractivity contribution is -0.117. The van der Waals surface area contributed by atoms with E-state index in [0.717, 1.165) is 11.3 Å². The number of imidazole rings is 2.